The molecule has 2 aromatic carbocycles. The first-order valence-corrected chi connectivity index (χ1v) is 10.6. The summed E-state index contributed by atoms with van der Waals surface area (Å²) in [5, 5.41) is 0. The van der Waals surface area contributed by atoms with Crippen molar-refractivity contribution in [3.05, 3.63) is 52.5 Å². The third kappa shape index (κ3) is 5.24. The lowest BCUT2D eigenvalue weighted by atomic mass is 10.2. The maximum Gasteiger partial charge on any atom is 0.338 e. The minimum absolute atomic E-state index is 0.200. The molecular formula is C22H25BrN2O5. The number of amides is 1. The molecule has 1 fully saturated rings. The molecule has 0 unspecified atom stereocenters. The molecule has 0 bridgehead atoms. The monoisotopic (exact) mass is 476 g/mol. The number of esters is 1. The van der Waals surface area contributed by atoms with Gasteiger partial charge in [0.15, 0.2) is 18.1 Å². The molecule has 0 aromatic heterocycles. The summed E-state index contributed by atoms with van der Waals surface area (Å²) in [5.74, 6) is 0.148. The molecule has 2 aromatic rings. The molecule has 0 spiro atoms. The standard InChI is InChI=1S/C22H25BrN2O5/c1-3-29-19-14-16(13-18(23)21(19)28-2)22(27)30-15-20(26)25-11-9-24(10-12-25)17-7-5-4-6-8-17/h4-8,13-14H,3,9-12,15H2,1-2H3. The van der Waals surface area contributed by atoms with Crippen molar-refractivity contribution in [3.63, 3.8) is 0 Å². The molecule has 0 aliphatic carbocycles. The van der Waals surface area contributed by atoms with Gasteiger partial charge in [-0.15, -0.1) is 0 Å². The van der Waals surface area contributed by atoms with Crippen molar-refractivity contribution in [2.45, 2.75) is 6.92 Å². The van der Waals surface area contributed by atoms with E-state index in [2.05, 4.69) is 33.0 Å². The van der Waals surface area contributed by atoms with Gasteiger partial charge in [0.05, 0.1) is 23.8 Å². The molecule has 7 nitrogen and oxygen atoms in total. The first-order valence-electron chi connectivity index (χ1n) is 9.78. The average molecular weight is 477 g/mol. The number of rotatable bonds is 7. The van der Waals surface area contributed by atoms with Crippen molar-refractivity contribution < 1.29 is 23.8 Å². The minimum Gasteiger partial charge on any atom is -0.492 e. The number of methoxy groups -OCH3 is 1. The van der Waals surface area contributed by atoms with Crippen LogP contribution in [0, 0.1) is 0 Å². The van der Waals surface area contributed by atoms with Crippen LogP contribution in [-0.4, -0.2) is 63.3 Å². The number of benzene rings is 2. The van der Waals surface area contributed by atoms with Gasteiger partial charge >= 0.3 is 5.97 Å². The molecule has 8 heteroatoms. The van der Waals surface area contributed by atoms with Gasteiger partial charge in [-0.3, -0.25) is 4.79 Å². The number of piperazine rings is 1. The molecule has 1 aliphatic rings. The van der Waals surface area contributed by atoms with Gasteiger partial charge in [-0.1, -0.05) is 18.2 Å². The second-order valence-electron chi connectivity index (χ2n) is 6.70. The quantitative estimate of drug-likeness (QED) is 0.570. The molecule has 0 N–H and O–H groups in total. The van der Waals surface area contributed by atoms with Crippen LogP contribution in [0.3, 0.4) is 0 Å². The summed E-state index contributed by atoms with van der Waals surface area (Å²) in [6, 6.07) is 13.2. The van der Waals surface area contributed by atoms with Crippen LogP contribution >= 0.6 is 15.9 Å². The highest BCUT2D eigenvalue weighted by molar-refractivity contribution is 9.10. The third-order valence-corrected chi connectivity index (χ3v) is 5.42. The van der Waals surface area contributed by atoms with Gasteiger partial charge in [-0.25, -0.2) is 4.79 Å². The minimum atomic E-state index is -0.587. The molecule has 1 aliphatic heterocycles. The van der Waals surface area contributed by atoms with E-state index in [4.69, 9.17) is 14.2 Å². The molecule has 0 saturated carbocycles. The van der Waals surface area contributed by atoms with Gasteiger partial charge in [-0.05, 0) is 47.1 Å². The maximum atomic E-state index is 12.5. The average Bonchev–Trinajstić information content (AvgIpc) is 2.78. The van der Waals surface area contributed by atoms with Crippen LogP contribution < -0.4 is 14.4 Å². The van der Waals surface area contributed by atoms with Crippen molar-refractivity contribution in [2.24, 2.45) is 0 Å². The number of para-hydroxylation sites is 1. The highest BCUT2D eigenvalue weighted by Crippen LogP contribution is 2.36. The van der Waals surface area contributed by atoms with Crippen molar-refractivity contribution >= 4 is 33.5 Å². The van der Waals surface area contributed by atoms with Crippen LogP contribution in [0.25, 0.3) is 0 Å². The lowest BCUT2D eigenvalue weighted by Gasteiger charge is -2.36. The Kier molecular flexibility index (Phi) is 7.57. The van der Waals surface area contributed by atoms with E-state index in [0.29, 0.717) is 35.7 Å². The van der Waals surface area contributed by atoms with Gasteiger partial charge < -0.3 is 24.0 Å². The van der Waals surface area contributed by atoms with Gasteiger partial charge in [0.1, 0.15) is 0 Å². The molecule has 30 heavy (non-hydrogen) atoms. The number of ether oxygens (including phenoxy) is 3. The molecule has 1 heterocycles. The Morgan fingerprint density at radius 2 is 1.77 bits per heavy atom. The van der Waals surface area contributed by atoms with E-state index >= 15 is 0 Å². The third-order valence-electron chi connectivity index (χ3n) is 4.83. The molecule has 3 rings (SSSR count). The Bertz CT molecular complexity index is 883. The summed E-state index contributed by atoms with van der Waals surface area (Å²) in [4.78, 5) is 28.9. The maximum absolute atomic E-state index is 12.5. The second-order valence-corrected chi connectivity index (χ2v) is 7.56. The highest BCUT2D eigenvalue weighted by atomic mass is 79.9. The number of hydrogen-bond acceptors (Lipinski definition) is 6. The van der Waals surface area contributed by atoms with Crippen molar-refractivity contribution in [2.75, 3.05) is 51.4 Å². The van der Waals surface area contributed by atoms with Crippen molar-refractivity contribution in [3.8, 4) is 11.5 Å². The molecule has 1 saturated heterocycles. The Labute approximate surface area is 184 Å². The van der Waals surface area contributed by atoms with Gasteiger partial charge in [0, 0.05) is 31.9 Å². The predicted octanol–water partition coefficient (Wildman–Crippen LogP) is 3.36. The van der Waals surface area contributed by atoms with Crippen LogP contribution in [0.5, 0.6) is 11.5 Å². The fourth-order valence-corrected chi connectivity index (χ4v) is 3.91. The number of nitrogens with zero attached hydrogens (tertiary/aromatic N) is 2. The predicted molar refractivity (Wildman–Crippen MR) is 117 cm³/mol. The van der Waals surface area contributed by atoms with Gasteiger partial charge in [0.2, 0.25) is 0 Å². The number of hydrogen-bond donors (Lipinski definition) is 0. The second kappa shape index (κ2) is 10.3. The van der Waals surface area contributed by atoms with E-state index < -0.39 is 5.97 Å². The van der Waals surface area contributed by atoms with E-state index in [9.17, 15) is 9.59 Å². The molecule has 1 amide bonds. The van der Waals surface area contributed by atoms with E-state index in [-0.39, 0.29) is 18.1 Å². The summed E-state index contributed by atoms with van der Waals surface area (Å²) in [6.07, 6.45) is 0. The fraction of sp³-hybridized carbons (Fsp3) is 0.364. The topological polar surface area (TPSA) is 68.3 Å². The zero-order valence-corrected chi connectivity index (χ0v) is 18.7. The van der Waals surface area contributed by atoms with E-state index in [1.165, 1.54) is 7.11 Å². The first kappa shape index (κ1) is 22.0. The molecular weight excluding hydrogens is 452 g/mol. The van der Waals surface area contributed by atoms with E-state index in [1.54, 1.807) is 17.0 Å². The van der Waals surface area contributed by atoms with Crippen LogP contribution in [-0.2, 0) is 9.53 Å². The van der Waals surface area contributed by atoms with Crippen LogP contribution in [0.15, 0.2) is 46.9 Å². The van der Waals surface area contributed by atoms with Crippen LogP contribution in [0.4, 0.5) is 5.69 Å². The zero-order chi connectivity index (χ0) is 21.5. The highest BCUT2D eigenvalue weighted by Gasteiger charge is 2.23. The first-order chi connectivity index (χ1) is 14.5. The number of anilines is 1. The number of halogens is 1. The summed E-state index contributed by atoms with van der Waals surface area (Å²) in [6.45, 7) is 4.64. The zero-order valence-electron chi connectivity index (χ0n) is 17.1. The largest absolute Gasteiger partial charge is 0.492 e. The Morgan fingerprint density at radius 3 is 2.40 bits per heavy atom. The summed E-state index contributed by atoms with van der Waals surface area (Å²) < 4.78 is 16.6. The molecule has 0 radical (unpaired) electrons. The fourth-order valence-electron chi connectivity index (χ4n) is 3.30. The lowest BCUT2D eigenvalue weighted by Crippen LogP contribution is -2.49. The Morgan fingerprint density at radius 1 is 1.07 bits per heavy atom. The van der Waals surface area contributed by atoms with Crippen molar-refractivity contribution in [1.82, 2.24) is 4.90 Å². The smallest absolute Gasteiger partial charge is 0.338 e. The lowest BCUT2D eigenvalue weighted by molar-refractivity contribution is -0.134. The Hall–Kier alpha value is -2.74. The van der Waals surface area contributed by atoms with Crippen LogP contribution in [0.1, 0.15) is 17.3 Å². The molecule has 160 valence electrons. The van der Waals surface area contributed by atoms with E-state index in [1.807, 2.05) is 25.1 Å². The summed E-state index contributed by atoms with van der Waals surface area (Å²) in [5.41, 5.74) is 1.43. The normalized spacial score (nSPS) is 13.7. The van der Waals surface area contributed by atoms with Gasteiger partial charge in [-0.2, -0.15) is 0 Å². The Balaban J connectivity index is 1.54. The summed E-state index contributed by atoms with van der Waals surface area (Å²) in [7, 11) is 1.52. The van der Waals surface area contributed by atoms with E-state index in [0.717, 1.165) is 18.8 Å². The van der Waals surface area contributed by atoms with Crippen LogP contribution in [0.2, 0.25) is 0 Å². The number of carbonyl (C=O) groups excluding carboxylic acids is 2. The van der Waals surface area contributed by atoms with Crippen molar-refractivity contribution in [1.29, 1.82) is 0 Å². The molecule has 0 atom stereocenters. The SMILES string of the molecule is CCOc1cc(C(=O)OCC(=O)N2CCN(c3ccccc3)CC2)cc(Br)c1OC. The van der Waals surface area contributed by atoms with Gasteiger partial charge in [0.25, 0.3) is 5.91 Å². The summed E-state index contributed by atoms with van der Waals surface area (Å²) >= 11 is 3.37. The number of carbonyl (C=O) groups is 2.